The average Bonchev–Trinajstić information content (AvgIpc) is 2.44. The van der Waals surface area contributed by atoms with E-state index in [-0.39, 0.29) is 11.3 Å². The minimum Gasteiger partial charge on any atom is -0.507 e. The molecule has 0 saturated carbocycles. The van der Waals surface area contributed by atoms with Crippen molar-refractivity contribution in [2.75, 3.05) is 25.1 Å². The average molecular weight is 296 g/mol. The van der Waals surface area contributed by atoms with Gasteiger partial charge >= 0.3 is 12.0 Å². The molecule has 1 aromatic carbocycles. The lowest BCUT2D eigenvalue weighted by Crippen LogP contribution is -2.30. The van der Waals surface area contributed by atoms with Crippen LogP contribution in [0.3, 0.4) is 0 Å². The summed E-state index contributed by atoms with van der Waals surface area (Å²) in [4.78, 5) is 22.4. The van der Waals surface area contributed by atoms with Crippen LogP contribution in [0.4, 0.5) is 10.5 Å². The number of nitrogens with one attached hydrogen (secondary N) is 2. The molecule has 7 heteroatoms. The number of hydrogen-bond donors (Lipinski definition) is 4. The first kappa shape index (κ1) is 16.8. The molecule has 4 N–H and O–H groups in total. The Bertz CT molecular complexity index is 490. The van der Waals surface area contributed by atoms with E-state index >= 15 is 0 Å². The SMILES string of the molecule is CCCOCCCNC(=O)Nc1ccc(O)c(C(=O)O)c1. The van der Waals surface area contributed by atoms with E-state index in [4.69, 9.17) is 9.84 Å². The van der Waals surface area contributed by atoms with Gasteiger partial charge in [-0.3, -0.25) is 0 Å². The number of rotatable bonds is 8. The summed E-state index contributed by atoms with van der Waals surface area (Å²) in [5.41, 5.74) is 0.0331. The Kier molecular flexibility index (Phi) is 7.03. The van der Waals surface area contributed by atoms with Crippen LogP contribution in [0.1, 0.15) is 30.1 Å². The normalized spacial score (nSPS) is 10.1. The second-order valence-corrected chi connectivity index (χ2v) is 4.38. The third-order valence-corrected chi connectivity index (χ3v) is 2.58. The molecule has 0 aromatic heterocycles. The lowest BCUT2D eigenvalue weighted by molar-refractivity contribution is 0.0693. The summed E-state index contributed by atoms with van der Waals surface area (Å²) in [5, 5.41) is 23.4. The van der Waals surface area contributed by atoms with Crippen LogP contribution in [-0.4, -0.2) is 42.0 Å². The predicted octanol–water partition coefficient (Wildman–Crippen LogP) is 2.03. The molecule has 0 aliphatic rings. The predicted molar refractivity (Wildman–Crippen MR) is 77.8 cm³/mol. The van der Waals surface area contributed by atoms with Crippen molar-refractivity contribution in [2.45, 2.75) is 19.8 Å². The number of ether oxygens (including phenoxy) is 1. The van der Waals surface area contributed by atoms with Crippen molar-refractivity contribution in [3.63, 3.8) is 0 Å². The van der Waals surface area contributed by atoms with Gasteiger partial charge in [-0.25, -0.2) is 9.59 Å². The molecule has 0 unspecified atom stereocenters. The zero-order chi connectivity index (χ0) is 15.7. The van der Waals surface area contributed by atoms with Crippen molar-refractivity contribution in [2.24, 2.45) is 0 Å². The summed E-state index contributed by atoms with van der Waals surface area (Å²) in [6.45, 7) is 3.77. The summed E-state index contributed by atoms with van der Waals surface area (Å²) < 4.78 is 5.27. The quantitative estimate of drug-likeness (QED) is 0.433. The Morgan fingerprint density at radius 1 is 1.29 bits per heavy atom. The molecule has 0 bridgehead atoms. The highest BCUT2D eigenvalue weighted by atomic mass is 16.5. The first-order chi connectivity index (χ1) is 10.0. The number of aromatic hydroxyl groups is 1. The minimum absolute atomic E-state index is 0.263. The smallest absolute Gasteiger partial charge is 0.339 e. The van der Waals surface area contributed by atoms with E-state index in [0.29, 0.717) is 31.9 Å². The van der Waals surface area contributed by atoms with Crippen LogP contribution in [0.5, 0.6) is 5.75 Å². The molecular formula is C14H20N2O5. The number of urea groups is 1. The molecule has 2 amide bonds. The molecular weight excluding hydrogens is 276 g/mol. The van der Waals surface area contributed by atoms with Crippen molar-refractivity contribution in [1.29, 1.82) is 0 Å². The maximum atomic E-state index is 11.6. The Morgan fingerprint density at radius 3 is 2.71 bits per heavy atom. The highest BCUT2D eigenvalue weighted by Crippen LogP contribution is 2.21. The molecule has 0 aliphatic carbocycles. The first-order valence-corrected chi connectivity index (χ1v) is 6.73. The van der Waals surface area contributed by atoms with Gasteiger partial charge in [-0.05, 0) is 31.0 Å². The van der Waals surface area contributed by atoms with E-state index in [1.54, 1.807) is 0 Å². The number of hydrogen-bond acceptors (Lipinski definition) is 4. The number of carboxylic acid groups (broad SMARTS) is 1. The number of amides is 2. The Labute approximate surface area is 122 Å². The highest BCUT2D eigenvalue weighted by molar-refractivity contribution is 5.95. The number of aromatic carboxylic acids is 1. The lowest BCUT2D eigenvalue weighted by atomic mass is 10.2. The molecule has 21 heavy (non-hydrogen) atoms. The molecule has 0 atom stereocenters. The maximum Gasteiger partial charge on any atom is 0.339 e. The monoisotopic (exact) mass is 296 g/mol. The summed E-state index contributed by atoms with van der Waals surface area (Å²) in [5.74, 6) is -1.61. The number of carboxylic acids is 1. The molecule has 0 spiro atoms. The summed E-state index contributed by atoms with van der Waals surface area (Å²) >= 11 is 0. The van der Waals surface area contributed by atoms with Gasteiger partial charge in [-0.15, -0.1) is 0 Å². The van der Waals surface area contributed by atoms with Crippen molar-refractivity contribution in [3.05, 3.63) is 23.8 Å². The van der Waals surface area contributed by atoms with E-state index in [2.05, 4.69) is 10.6 Å². The zero-order valence-corrected chi connectivity index (χ0v) is 11.9. The van der Waals surface area contributed by atoms with E-state index in [0.717, 1.165) is 6.42 Å². The van der Waals surface area contributed by atoms with E-state index < -0.39 is 12.0 Å². The fraction of sp³-hybridized carbons (Fsp3) is 0.429. The molecule has 7 nitrogen and oxygen atoms in total. The molecule has 0 saturated heterocycles. The number of anilines is 1. The number of carbonyl (C=O) groups is 2. The Hall–Kier alpha value is -2.28. The Morgan fingerprint density at radius 2 is 2.05 bits per heavy atom. The zero-order valence-electron chi connectivity index (χ0n) is 11.9. The van der Waals surface area contributed by atoms with Crippen LogP contribution in [0.2, 0.25) is 0 Å². The van der Waals surface area contributed by atoms with Crippen LogP contribution in [0.15, 0.2) is 18.2 Å². The number of benzene rings is 1. The van der Waals surface area contributed by atoms with E-state index in [1.807, 2.05) is 6.92 Å². The van der Waals surface area contributed by atoms with Crippen LogP contribution >= 0.6 is 0 Å². The molecule has 1 rings (SSSR count). The third-order valence-electron chi connectivity index (χ3n) is 2.58. The molecule has 0 radical (unpaired) electrons. The van der Waals surface area contributed by atoms with E-state index in [1.165, 1.54) is 18.2 Å². The van der Waals surface area contributed by atoms with Gasteiger partial charge in [-0.1, -0.05) is 6.92 Å². The molecule has 0 fully saturated rings. The largest absolute Gasteiger partial charge is 0.507 e. The second kappa shape index (κ2) is 8.80. The fourth-order valence-corrected chi connectivity index (χ4v) is 1.58. The minimum atomic E-state index is -1.26. The van der Waals surface area contributed by atoms with Crippen LogP contribution in [-0.2, 0) is 4.74 Å². The van der Waals surface area contributed by atoms with Crippen molar-refractivity contribution in [3.8, 4) is 5.75 Å². The van der Waals surface area contributed by atoms with Gasteiger partial charge in [0.2, 0.25) is 0 Å². The second-order valence-electron chi connectivity index (χ2n) is 4.38. The highest BCUT2D eigenvalue weighted by Gasteiger charge is 2.11. The van der Waals surface area contributed by atoms with Crippen LogP contribution < -0.4 is 10.6 Å². The summed E-state index contributed by atoms with van der Waals surface area (Å²) in [6, 6.07) is 3.40. The van der Waals surface area contributed by atoms with Gasteiger partial charge in [0.1, 0.15) is 11.3 Å². The standard InChI is InChI=1S/C14H20N2O5/c1-2-7-21-8-3-6-15-14(20)16-10-4-5-12(17)11(9-10)13(18)19/h4-5,9,17H,2-3,6-8H2,1H3,(H,18,19)(H2,15,16,20). The molecule has 116 valence electrons. The van der Waals surface area contributed by atoms with Crippen molar-refractivity contribution < 1.29 is 24.5 Å². The van der Waals surface area contributed by atoms with Crippen LogP contribution in [0, 0.1) is 0 Å². The number of phenols is 1. The first-order valence-electron chi connectivity index (χ1n) is 6.73. The van der Waals surface area contributed by atoms with Gasteiger partial charge in [0, 0.05) is 25.4 Å². The topological polar surface area (TPSA) is 108 Å². The van der Waals surface area contributed by atoms with Gasteiger partial charge < -0.3 is 25.6 Å². The molecule has 0 aliphatic heterocycles. The third kappa shape index (κ3) is 6.13. The van der Waals surface area contributed by atoms with E-state index in [9.17, 15) is 14.7 Å². The van der Waals surface area contributed by atoms with Gasteiger partial charge in [0.15, 0.2) is 0 Å². The van der Waals surface area contributed by atoms with Gasteiger partial charge in [0.05, 0.1) is 0 Å². The van der Waals surface area contributed by atoms with Crippen molar-refractivity contribution in [1.82, 2.24) is 5.32 Å². The van der Waals surface area contributed by atoms with Gasteiger partial charge in [0.25, 0.3) is 0 Å². The van der Waals surface area contributed by atoms with Crippen molar-refractivity contribution >= 4 is 17.7 Å². The lowest BCUT2D eigenvalue weighted by Gasteiger charge is -2.09. The summed E-state index contributed by atoms with van der Waals surface area (Å²) in [7, 11) is 0. The maximum absolute atomic E-state index is 11.6. The Balaban J connectivity index is 2.38. The van der Waals surface area contributed by atoms with Gasteiger partial charge in [-0.2, -0.15) is 0 Å². The molecule has 0 heterocycles. The fourth-order valence-electron chi connectivity index (χ4n) is 1.58. The summed E-state index contributed by atoms with van der Waals surface area (Å²) in [6.07, 6.45) is 1.66. The van der Waals surface area contributed by atoms with Crippen LogP contribution in [0.25, 0.3) is 0 Å². The number of carbonyl (C=O) groups excluding carboxylic acids is 1. The molecule has 1 aromatic rings.